The number of rotatable bonds is 2. The summed E-state index contributed by atoms with van der Waals surface area (Å²) in [5, 5.41) is 5.32. The van der Waals surface area contributed by atoms with E-state index in [0.29, 0.717) is 0 Å². The van der Waals surface area contributed by atoms with Crippen LogP contribution in [0.3, 0.4) is 0 Å². The minimum Gasteiger partial charge on any atom is -0.376 e. The third kappa shape index (κ3) is 6.03. The number of benzene rings is 7. The molecule has 348 valence electrons. The molecule has 1 aromatic heterocycles. The fourth-order valence-corrected chi connectivity index (χ4v) is 15.5. The van der Waals surface area contributed by atoms with Crippen LogP contribution in [0, 0.1) is 6.92 Å². The molecule has 0 spiro atoms. The molecule has 13 rings (SSSR count). The molecule has 0 unspecified atom stereocenters. The second-order valence-electron chi connectivity index (χ2n) is 26.1. The normalized spacial score (nSPS) is 20.5. The van der Waals surface area contributed by atoms with Crippen molar-refractivity contribution in [1.82, 2.24) is 0 Å². The van der Waals surface area contributed by atoms with Gasteiger partial charge in [0.15, 0.2) is 0 Å². The molecular formula is C65H69BN2S. The summed E-state index contributed by atoms with van der Waals surface area (Å²) in [6.07, 6.45) is 7.12. The molecule has 7 aromatic carbocycles. The molecule has 0 fully saturated rings. The Bertz CT molecular complexity index is 3560. The third-order valence-electron chi connectivity index (χ3n) is 18.9. The summed E-state index contributed by atoms with van der Waals surface area (Å²) in [6.45, 7) is 32.1. The van der Waals surface area contributed by atoms with Gasteiger partial charge in [-0.05, 0) is 187 Å². The van der Waals surface area contributed by atoms with Crippen LogP contribution in [0.2, 0.25) is 0 Å². The second kappa shape index (κ2) is 14.0. The van der Waals surface area contributed by atoms with E-state index in [0.717, 1.165) is 0 Å². The molecule has 0 N–H and O–H groups in total. The van der Waals surface area contributed by atoms with Crippen molar-refractivity contribution >= 4 is 88.5 Å². The summed E-state index contributed by atoms with van der Waals surface area (Å²) in [4.78, 5) is 5.62. The molecule has 5 aliphatic rings. The Morgan fingerprint density at radius 1 is 0.435 bits per heavy atom. The molecule has 69 heavy (non-hydrogen) atoms. The quantitative estimate of drug-likeness (QED) is 0.159. The predicted molar refractivity (Wildman–Crippen MR) is 301 cm³/mol. The van der Waals surface area contributed by atoms with Crippen LogP contribution in [0.25, 0.3) is 42.1 Å². The Kier molecular flexibility index (Phi) is 8.84. The molecule has 2 aliphatic heterocycles. The lowest BCUT2D eigenvalue weighted by Crippen LogP contribution is -2.62. The van der Waals surface area contributed by atoms with Crippen LogP contribution in [0.1, 0.15) is 161 Å². The average molecular weight is 921 g/mol. The molecule has 3 heterocycles. The molecule has 2 nitrogen and oxygen atoms in total. The molecule has 0 saturated carbocycles. The van der Waals surface area contributed by atoms with E-state index in [-0.39, 0.29) is 39.3 Å². The number of hydrogen-bond donors (Lipinski definition) is 0. The lowest BCUT2D eigenvalue weighted by molar-refractivity contribution is 0.332. The number of thiophene rings is 1. The van der Waals surface area contributed by atoms with Gasteiger partial charge in [0.05, 0.1) is 5.69 Å². The lowest BCUT2D eigenvalue weighted by atomic mass is 9.42. The van der Waals surface area contributed by atoms with Crippen molar-refractivity contribution in [3.63, 3.8) is 0 Å². The summed E-state index contributed by atoms with van der Waals surface area (Å²) < 4.78 is 2.75. The van der Waals surface area contributed by atoms with Gasteiger partial charge in [0.25, 0.3) is 0 Å². The standard InChI is InChI=1S/C65H69BN2S/c1-38-32-47-50(64(10,11)30-28-61(47,4)5)36-53(38)67-52-25-23-43-42-20-16-17-21-55(42)69-59(43)57(52)66-56-45(33-39-18-14-15-19-41(39)58(56)67)44-35-49-51(65(12,13)31-29-63(49,8)9)37-54(44)68(66)40-22-24-46-48(34-40)62(6,7)27-26-60(46,2)3/h14-25,32-37H,26-31H2,1-13H3. The van der Waals surface area contributed by atoms with E-state index in [4.69, 9.17) is 0 Å². The fourth-order valence-electron chi connectivity index (χ4n) is 14.2. The monoisotopic (exact) mass is 921 g/mol. The first-order valence-electron chi connectivity index (χ1n) is 26.2. The molecule has 8 aromatic rings. The number of fused-ring (bicyclic) bond motifs is 13. The molecule has 4 heteroatoms. The summed E-state index contributed by atoms with van der Waals surface area (Å²) in [6, 6.07) is 44.3. The Hall–Kier alpha value is -5.32. The Labute approximate surface area is 416 Å². The molecule has 0 amide bonds. The molecule has 0 radical (unpaired) electrons. The van der Waals surface area contributed by atoms with E-state index in [9.17, 15) is 0 Å². The summed E-state index contributed by atoms with van der Waals surface area (Å²) in [5.41, 5.74) is 23.1. The van der Waals surface area contributed by atoms with Gasteiger partial charge in [-0.15, -0.1) is 11.3 Å². The highest BCUT2D eigenvalue weighted by Gasteiger charge is 2.50. The molecule has 0 atom stereocenters. The Morgan fingerprint density at radius 3 is 1.62 bits per heavy atom. The van der Waals surface area contributed by atoms with E-state index in [1.54, 1.807) is 0 Å². The zero-order valence-corrected chi connectivity index (χ0v) is 44.3. The fraction of sp³-hybridized carbons (Fsp3) is 0.385. The zero-order valence-electron chi connectivity index (χ0n) is 43.5. The van der Waals surface area contributed by atoms with Crippen molar-refractivity contribution in [2.45, 2.75) is 161 Å². The van der Waals surface area contributed by atoms with Gasteiger partial charge in [0, 0.05) is 53.9 Å². The number of aryl methyl sites for hydroxylation is 1. The Balaban J connectivity index is 1.22. The largest absolute Gasteiger partial charge is 0.376 e. The molecular weight excluding hydrogens is 852 g/mol. The maximum absolute atomic E-state index is 2.86. The van der Waals surface area contributed by atoms with Gasteiger partial charge in [0.1, 0.15) is 0 Å². The first kappa shape index (κ1) is 43.7. The van der Waals surface area contributed by atoms with Gasteiger partial charge in [-0.3, -0.25) is 0 Å². The van der Waals surface area contributed by atoms with Crippen molar-refractivity contribution in [3.05, 3.63) is 148 Å². The van der Waals surface area contributed by atoms with Gasteiger partial charge in [-0.25, -0.2) is 0 Å². The van der Waals surface area contributed by atoms with Gasteiger partial charge >= 0.3 is 6.85 Å². The van der Waals surface area contributed by atoms with Crippen molar-refractivity contribution in [2.24, 2.45) is 0 Å². The van der Waals surface area contributed by atoms with Gasteiger partial charge in [-0.2, -0.15) is 0 Å². The van der Waals surface area contributed by atoms with Crippen molar-refractivity contribution < 1.29 is 0 Å². The summed E-state index contributed by atoms with van der Waals surface area (Å²) in [7, 11) is 0. The number of nitrogens with zero attached hydrogens (tertiary/aromatic N) is 2. The third-order valence-corrected chi connectivity index (χ3v) is 20.2. The van der Waals surface area contributed by atoms with E-state index in [1.807, 2.05) is 11.3 Å². The van der Waals surface area contributed by atoms with Crippen LogP contribution in [-0.4, -0.2) is 6.85 Å². The van der Waals surface area contributed by atoms with Crippen LogP contribution < -0.4 is 20.6 Å². The number of anilines is 5. The van der Waals surface area contributed by atoms with Crippen LogP contribution in [-0.2, 0) is 32.5 Å². The minimum absolute atomic E-state index is 0.0502. The van der Waals surface area contributed by atoms with Gasteiger partial charge in [-0.1, -0.05) is 144 Å². The van der Waals surface area contributed by atoms with Gasteiger partial charge < -0.3 is 9.71 Å². The van der Waals surface area contributed by atoms with Crippen LogP contribution in [0.15, 0.2) is 109 Å². The first-order valence-corrected chi connectivity index (χ1v) is 27.0. The highest BCUT2D eigenvalue weighted by molar-refractivity contribution is 7.27. The van der Waals surface area contributed by atoms with E-state index >= 15 is 0 Å². The van der Waals surface area contributed by atoms with Crippen LogP contribution in [0.4, 0.5) is 28.4 Å². The smallest absolute Gasteiger partial charge is 0.334 e. The Morgan fingerprint density at radius 2 is 0.971 bits per heavy atom. The topological polar surface area (TPSA) is 6.48 Å². The average Bonchev–Trinajstić information content (AvgIpc) is 3.69. The first-order chi connectivity index (χ1) is 32.6. The molecule has 0 saturated heterocycles. The zero-order chi connectivity index (χ0) is 48.1. The lowest BCUT2D eigenvalue weighted by Gasteiger charge is -2.49. The van der Waals surface area contributed by atoms with Crippen molar-refractivity contribution in [1.29, 1.82) is 0 Å². The van der Waals surface area contributed by atoms with E-state index in [2.05, 4.69) is 209 Å². The second-order valence-corrected chi connectivity index (χ2v) is 27.2. The SMILES string of the molecule is Cc1cc2c(cc1N1c3ccc4c(sc5ccccc54)c3B3c4c(cc5ccccc5c41)-c1cc4c(cc1N3c1ccc3c(c1)C(C)(C)CCC3(C)C)C(C)(C)CCC4(C)C)C(C)(C)CCC2(C)C. The van der Waals surface area contributed by atoms with Gasteiger partial charge in [0.2, 0.25) is 0 Å². The maximum atomic E-state index is 2.86. The van der Waals surface area contributed by atoms with Crippen molar-refractivity contribution in [3.8, 4) is 11.1 Å². The van der Waals surface area contributed by atoms with Crippen LogP contribution in [0.5, 0.6) is 0 Å². The molecule has 3 aliphatic carbocycles. The highest BCUT2D eigenvalue weighted by Crippen LogP contribution is 2.57. The predicted octanol–water partition coefficient (Wildman–Crippen LogP) is 17.3. The number of hydrogen-bond acceptors (Lipinski definition) is 3. The highest BCUT2D eigenvalue weighted by atomic mass is 32.1. The van der Waals surface area contributed by atoms with Crippen LogP contribution >= 0.6 is 11.3 Å². The molecule has 0 bridgehead atoms. The van der Waals surface area contributed by atoms with E-state index in [1.165, 1.54) is 159 Å². The maximum Gasteiger partial charge on any atom is 0.334 e. The summed E-state index contributed by atoms with van der Waals surface area (Å²) in [5.74, 6) is 0. The summed E-state index contributed by atoms with van der Waals surface area (Å²) >= 11 is 2.00. The van der Waals surface area contributed by atoms with Crippen molar-refractivity contribution in [2.75, 3.05) is 9.71 Å². The minimum atomic E-state index is -0.0843. The van der Waals surface area contributed by atoms with E-state index < -0.39 is 0 Å².